The zero-order chi connectivity index (χ0) is 12.1. The minimum atomic E-state index is -0.330. The molecule has 0 aromatic heterocycles. The molecule has 0 radical (unpaired) electrons. The molecule has 1 aromatic rings. The second-order valence-electron chi connectivity index (χ2n) is 4.26. The molecule has 17 heavy (non-hydrogen) atoms. The highest BCUT2D eigenvalue weighted by molar-refractivity contribution is 5.89. The maximum Gasteiger partial charge on any atom is 0.338 e. The molecule has 1 unspecified atom stereocenters. The molecule has 1 aliphatic rings. The molecule has 1 aliphatic carbocycles. The van der Waals surface area contributed by atoms with Gasteiger partial charge in [-0.3, -0.25) is 0 Å². The van der Waals surface area contributed by atoms with Gasteiger partial charge in [0.1, 0.15) is 5.75 Å². The first-order valence-corrected chi connectivity index (χ1v) is 5.88. The van der Waals surface area contributed by atoms with Crippen molar-refractivity contribution < 1.29 is 14.6 Å². The lowest BCUT2D eigenvalue weighted by Crippen LogP contribution is -2.14. The summed E-state index contributed by atoms with van der Waals surface area (Å²) in [5.41, 5.74) is 0.475. The fraction of sp³-hybridized carbons (Fsp3) is 0.357. The van der Waals surface area contributed by atoms with E-state index in [2.05, 4.69) is 12.2 Å². The van der Waals surface area contributed by atoms with Crippen LogP contribution in [0.15, 0.2) is 36.4 Å². The van der Waals surface area contributed by atoms with Crippen molar-refractivity contribution in [3.8, 4) is 5.75 Å². The van der Waals surface area contributed by atoms with Crippen LogP contribution in [0.3, 0.4) is 0 Å². The van der Waals surface area contributed by atoms with Crippen molar-refractivity contribution in [2.45, 2.75) is 19.3 Å². The lowest BCUT2D eigenvalue weighted by Gasteiger charge is -2.16. The lowest BCUT2D eigenvalue weighted by atomic mass is 9.97. The summed E-state index contributed by atoms with van der Waals surface area (Å²) in [6.45, 7) is 0.441. The standard InChI is InChI=1S/C14H16O3/c15-13-8-6-12(7-9-13)14(16)17-10-11-4-2-1-3-5-11/h2,4,6-9,11,15H,1,3,5,10H2. The molecule has 2 rings (SSSR count). The number of carbonyl (C=O) groups is 1. The summed E-state index contributed by atoms with van der Waals surface area (Å²) >= 11 is 0. The van der Waals surface area contributed by atoms with E-state index in [9.17, 15) is 4.79 Å². The van der Waals surface area contributed by atoms with Gasteiger partial charge in [-0.1, -0.05) is 12.2 Å². The summed E-state index contributed by atoms with van der Waals surface area (Å²) in [4.78, 5) is 11.7. The van der Waals surface area contributed by atoms with Crippen LogP contribution >= 0.6 is 0 Å². The molecule has 1 N–H and O–H groups in total. The molecule has 0 aliphatic heterocycles. The molecule has 0 fully saturated rings. The van der Waals surface area contributed by atoms with E-state index in [-0.39, 0.29) is 11.7 Å². The zero-order valence-corrected chi connectivity index (χ0v) is 9.63. The van der Waals surface area contributed by atoms with Crippen LogP contribution in [0.25, 0.3) is 0 Å². The van der Waals surface area contributed by atoms with Crippen LogP contribution in [-0.4, -0.2) is 17.7 Å². The highest BCUT2D eigenvalue weighted by atomic mass is 16.5. The minimum absolute atomic E-state index is 0.150. The first-order chi connectivity index (χ1) is 8.25. The number of carbonyl (C=O) groups excluding carboxylic acids is 1. The van der Waals surface area contributed by atoms with E-state index < -0.39 is 0 Å². The van der Waals surface area contributed by atoms with Crippen molar-refractivity contribution in [1.29, 1.82) is 0 Å². The number of aromatic hydroxyl groups is 1. The molecule has 3 heteroatoms. The third kappa shape index (κ3) is 3.34. The van der Waals surface area contributed by atoms with E-state index in [1.807, 2.05) is 0 Å². The Kier molecular flexibility index (Phi) is 3.81. The van der Waals surface area contributed by atoms with Crippen molar-refractivity contribution in [1.82, 2.24) is 0 Å². The second-order valence-corrected chi connectivity index (χ2v) is 4.26. The lowest BCUT2D eigenvalue weighted by molar-refractivity contribution is 0.0457. The van der Waals surface area contributed by atoms with Crippen LogP contribution in [0.1, 0.15) is 29.6 Å². The number of allylic oxidation sites excluding steroid dienone is 1. The minimum Gasteiger partial charge on any atom is -0.508 e. The molecule has 1 aromatic carbocycles. The van der Waals surface area contributed by atoms with Gasteiger partial charge in [-0.25, -0.2) is 4.79 Å². The number of hydrogen-bond donors (Lipinski definition) is 1. The molecule has 0 spiro atoms. The Hall–Kier alpha value is -1.77. The van der Waals surface area contributed by atoms with Crippen LogP contribution in [0.5, 0.6) is 5.75 Å². The number of ether oxygens (including phenoxy) is 1. The van der Waals surface area contributed by atoms with E-state index in [1.54, 1.807) is 12.1 Å². The van der Waals surface area contributed by atoms with Crippen molar-refractivity contribution in [2.75, 3.05) is 6.61 Å². The second kappa shape index (κ2) is 5.53. The monoisotopic (exact) mass is 232 g/mol. The Balaban J connectivity index is 1.86. The Morgan fingerprint density at radius 3 is 2.76 bits per heavy atom. The normalized spacial score (nSPS) is 18.9. The molecule has 3 nitrogen and oxygen atoms in total. The smallest absolute Gasteiger partial charge is 0.338 e. The summed E-state index contributed by atoms with van der Waals surface area (Å²) in [6.07, 6.45) is 7.63. The number of esters is 1. The molecule has 0 heterocycles. The summed E-state index contributed by atoms with van der Waals surface area (Å²) in [5.74, 6) is 0.172. The topological polar surface area (TPSA) is 46.5 Å². The number of hydrogen-bond acceptors (Lipinski definition) is 3. The number of phenols is 1. The molecule has 90 valence electrons. The van der Waals surface area contributed by atoms with Crippen molar-refractivity contribution in [3.63, 3.8) is 0 Å². The van der Waals surface area contributed by atoms with E-state index in [0.717, 1.165) is 19.3 Å². The highest BCUT2D eigenvalue weighted by Gasteiger charge is 2.12. The highest BCUT2D eigenvalue weighted by Crippen LogP contribution is 2.18. The largest absolute Gasteiger partial charge is 0.508 e. The predicted molar refractivity (Wildman–Crippen MR) is 64.9 cm³/mol. The maximum atomic E-state index is 11.7. The fourth-order valence-electron chi connectivity index (χ4n) is 1.89. The summed E-state index contributed by atoms with van der Waals surface area (Å²) < 4.78 is 5.24. The van der Waals surface area contributed by atoms with Gasteiger partial charge in [0.25, 0.3) is 0 Å². The van der Waals surface area contributed by atoms with Crippen LogP contribution in [0.2, 0.25) is 0 Å². The Bertz CT molecular complexity index is 406. The van der Waals surface area contributed by atoms with Gasteiger partial charge in [0.2, 0.25) is 0 Å². The fourth-order valence-corrected chi connectivity index (χ4v) is 1.89. The Labute approximate surface area is 101 Å². The third-order valence-corrected chi connectivity index (χ3v) is 2.89. The predicted octanol–water partition coefficient (Wildman–Crippen LogP) is 2.91. The average Bonchev–Trinajstić information content (AvgIpc) is 2.38. The first-order valence-electron chi connectivity index (χ1n) is 5.88. The summed E-state index contributed by atoms with van der Waals surface area (Å²) in [5, 5.41) is 9.11. The zero-order valence-electron chi connectivity index (χ0n) is 9.63. The Morgan fingerprint density at radius 2 is 2.12 bits per heavy atom. The van der Waals surface area contributed by atoms with Crippen molar-refractivity contribution >= 4 is 5.97 Å². The van der Waals surface area contributed by atoms with Crippen LogP contribution in [0.4, 0.5) is 0 Å². The number of rotatable bonds is 3. The molecule has 0 saturated heterocycles. The first kappa shape index (κ1) is 11.7. The van der Waals surface area contributed by atoms with Crippen molar-refractivity contribution in [3.05, 3.63) is 42.0 Å². The Morgan fingerprint density at radius 1 is 1.35 bits per heavy atom. The van der Waals surface area contributed by atoms with Gasteiger partial charge < -0.3 is 9.84 Å². The van der Waals surface area contributed by atoms with E-state index in [1.165, 1.54) is 12.1 Å². The van der Waals surface area contributed by atoms with E-state index >= 15 is 0 Å². The molecule has 0 saturated carbocycles. The molecule has 1 atom stereocenters. The molecule has 0 bridgehead atoms. The van der Waals surface area contributed by atoms with Gasteiger partial charge in [-0.05, 0) is 43.5 Å². The summed E-state index contributed by atoms with van der Waals surface area (Å²) in [6, 6.07) is 6.09. The van der Waals surface area contributed by atoms with E-state index in [0.29, 0.717) is 18.1 Å². The third-order valence-electron chi connectivity index (χ3n) is 2.89. The molecular weight excluding hydrogens is 216 g/mol. The van der Waals surface area contributed by atoms with Gasteiger partial charge in [-0.15, -0.1) is 0 Å². The van der Waals surface area contributed by atoms with E-state index in [4.69, 9.17) is 9.84 Å². The maximum absolute atomic E-state index is 11.7. The number of phenolic OH excluding ortho intramolecular Hbond substituents is 1. The van der Waals surface area contributed by atoms with Crippen LogP contribution in [0, 0.1) is 5.92 Å². The van der Waals surface area contributed by atoms with Gasteiger partial charge in [0.15, 0.2) is 0 Å². The SMILES string of the molecule is O=C(OCC1C=CCCC1)c1ccc(O)cc1. The number of benzene rings is 1. The average molecular weight is 232 g/mol. The van der Waals surface area contributed by atoms with Crippen molar-refractivity contribution in [2.24, 2.45) is 5.92 Å². The van der Waals surface area contributed by atoms with Crippen LogP contribution < -0.4 is 0 Å². The van der Waals surface area contributed by atoms with Crippen LogP contribution in [-0.2, 0) is 4.74 Å². The summed E-state index contributed by atoms with van der Waals surface area (Å²) in [7, 11) is 0. The molecule has 0 amide bonds. The van der Waals surface area contributed by atoms with Gasteiger partial charge in [0, 0.05) is 5.92 Å². The molecular formula is C14H16O3. The van der Waals surface area contributed by atoms with Gasteiger partial charge in [0.05, 0.1) is 12.2 Å². The quantitative estimate of drug-likeness (QED) is 0.643. The van der Waals surface area contributed by atoms with Gasteiger partial charge >= 0.3 is 5.97 Å². The van der Waals surface area contributed by atoms with Gasteiger partial charge in [-0.2, -0.15) is 0 Å².